The molecule has 1 aromatic heterocycles. The van der Waals surface area contributed by atoms with Gasteiger partial charge in [0.25, 0.3) is 0 Å². The number of nitrogens with one attached hydrogen (secondary N) is 1. The van der Waals surface area contributed by atoms with Crippen LogP contribution in [-0.4, -0.2) is 25.4 Å². The zero-order chi connectivity index (χ0) is 16.1. The number of nitrogens with zero attached hydrogens (tertiary/aromatic N) is 1. The molecule has 1 aliphatic rings. The lowest BCUT2D eigenvalue weighted by atomic mass is 10.0. The number of hydrogen-bond acceptors (Lipinski definition) is 4. The van der Waals surface area contributed by atoms with Crippen LogP contribution in [0.3, 0.4) is 0 Å². The molecule has 1 N–H and O–H groups in total. The molecule has 1 unspecified atom stereocenters. The molecule has 1 fully saturated rings. The average Bonchev–Trinajstić information content (AvgIpc) is 3.40. The molecule has 0 saturated heterocycles. The van der Waals surface area contributed by atoms with Gasteiger partial charge in [0.05, 0.1) is 12.3 Å². The summed E-state index contributed by atoms with van der Waals surface area (Å²) in [5.41, 5.74) is 2.28. The SMILES string of the molecule is COCNc1cc(C(OCC2CC2)c2cccnc2)ccc1F. The van der Waals surface area contributed by atoms with Crippen LogP contribution in [0.5, 0.6) is 0 Å². The minimum Gasteiger partial charge on any atom is -0.368 e. The molecule has 1 aliphatic carbocycles. The zero-order valence-corrected chi connectivity index (χ0v) is 13.2. The molecule has 4 nitrogen and oxygen atoms in total. The van der Waals surface area contributed by atoms with Gasteiger partial charge >= 0.3 is 0 Å². The van der Waals surface area contributed by atoms with E-state index in [4.69, 9.17) is 9.47 Å². The Hall–Kier alpha value is -1.98. The van der Waals surface area contributed by atoms with E-state index in [0.717, 1.165) is 17.7 Å². The van der Waals surface area contributed by atoms with Gasteiger partial charge in [-0.2, -0.15) is 0 Å². The molecule has 1 aromatic carbocycles. The van der Waals surface area contributed by atoms with E-state index in [2.05, 4.69) is 10.3 Å². The number of rotatable bonds is 8. The molecule has 1 atom stereocenters. The quantitative estimate of drug-likeness (QED) is 0.753. The normalized spacial score (nSPS) is 15.4. The summed E-state index contributed by atoms with van der Waals surface area (Å²) in [5.74, 6) is 0.346. The van der Waals surface area contributed by atoms with Gasteiger partial charge in [0.1, 0.15) is 18.7 Å². The molecule has 1 saturated carbocycles. The lowest BCUT2D eigenvalue weighted by molar-refractivity contribution is 0.0716. The Morgan fingerprint density at radius 3 is 2.87 bits per heavy atom. The summed E-state index contributed by atoms with van der Waals surface area (Å²) in [7, 11) is 1.56. The molecule has 5 heteroatoms. The summed E-state index contributed by atoms with van der Waals surface area (Å²) < 4.78 is 25.0. The average molecular weight is 316 g/mol. The standard InChI is InChI=1S/C18H21FN2O2/c1-22-12-21-17-9-14(6-7-16(17)19)18(23-11-13-4-5-13)15-3-2-8-20-10-15/h2-3,6-10,13,18,21H,4-5,11-12H2,1H3. The van der Waals surface area contributed by atoms with E-state index in [1.54, 1.807) is 31.6 Å². The van der Waals surface area contributed by atoms with Crippen LogP contribution in [0.2, 0.25) is 0 Å². The number of benzene rings is 1. The maximum atomic E-state index is 13.9. The minimum absolute atomic E-state index is 0.243. The van der Waals surface area contributed by atoms with Crippen molar-refractivity contribution in [2.45, 2.75) is 18.9 Å². The third-order valence-corrected chi connectivity index (χ3v) is 3.88. The second-order valence-corrected chi connectivity index (χ2v) is 5.79. The Bertz CT molecular complexity index is 632. The first-order valence-electron chi connectivity index (χ1n) is 7.81. The van der Waals surface area contributed by atoms with Gasteiger partial charge in [0, 0.05) is 25.1 Å². The monoisotopic (exact) mass is 316 g/mol. The summed E-state index contributed by atoms with van der Waals surface area (Å²) in [5, 5.41) is 2.92. The van der Waals surface area contributed by atoms with E-state index in [1.165, 1.54) is 18.9 Å². The number of halogens is 1. The fourth-order valence-corrected chi connectivity index (χ4v) is 2.42. The molecular weight excluding hydrogens is 295 g/mol. The largest absolute Gasteiger partial charge is 0.368 e. The Morgan fingerprint density at radius 2 is 2.17 bits per heavy atom. The van der Waals surface area contributed by atoms with Crippen LogP contribution < -0.4 is 5.32 Å². The van der Waals surface area contributed by atoms with Gasteiger partial charge in [0.15, 0.2) is 0 Å². The number of hydrogen-bond donors (Lipinski definition) is 1. The topological polar surface area (TPSA) is 43.4 Å². The number of methoxy groups -OCH3 is 1. The lowest BCUT2D eigenvalue weighted by Gasteiger charge is -2.20. The molecule has 0 bridgehead atoms. The molecule has 3 rings (SSSR count). The number of aromatic nitrogens is 1. The third-order valence-electron chi connectivity index (χ3n) is 3.88. The molecule has 1 heterocycles. The lowest BCUT2D eigenvalue weighted by Crippen LogP contribution is -2.11. The van der Waals surface area contributed by atoms with E-state index in [9.17, 15) is 4.39 Å². The third kappa shape index (κ3) is 4.27. The van der Waals surface area contributed by atoms with Gasteiger partial charge in [-0.3, -0.25) is 4.98 Å². The van der Waals surface area contributed by atoms with Gasteiger partial charge in [-0.15, -0.1) is 0 Å². The van der Waals surface area contributed by atoms with Crippen molar-refractivity contribution in [1.29, 1.82) is 0 Å². The summed E-state index contributed by atoms with van der Waals surface area (Å²) in [4.78, 5) is 4.17. The van der Waals surface area contributed by atoms with Crippen molar-refractivity contribution in [3.8, 4) is 0 Å². The van der Waals surface area contributed by atoms with Crippen LogP contribution in [0.1, 0.15) is 30.1 Å². The van der Waals surface area contributed by atoms with Crippen LogP contribution in [0, 0.1) is 11.7 Å². The Labute approximate surface area is 135 Å². The van der Waals surface area contributed by atoms with E-state index in [-0.39, 0.29) is 18.7 Å². The minimum atomic E-state index is -0.307. The summed E-state index contributed by atoms with van der Waals surface area (Å²) >= 11 is 0. The Balaban J connectivity index is 1.85. The van der Waals surface area contributed by atoms with Gasteiger partial charge in [-0.05, 0) is 42.5 Å². The van der Waals surface area contributed by atoms with E-state index < -0.39 is 0 Å². The van der Waals surface area contributed by atoms with Crippen molar-refractivity contribution in [2.75, 3.05) is 25.8 Å². The molecular formula is C18H21FN2O2. The fraction of sp³-hybridized carbons (Fsp3) is 0.389. The second-order valence-electron chi connectivity index (χ2n) is 5.79. The van der Waals surface area contributed by atoms with Crippen molar-refractivity contribution < 1.29 is 13.9 Å². The van der Waals surface area contributed by atoms with Crippen LogP contribution in [0.25, 0.3) is 0 Å². The highest BCUT2D eigenvalue weighted by molar-refractivity contribution is 5.48. The molecule has 2 aromatic rings. The molecule has 0 radical (unpaired) electrons. The van der Waals surface area contributed by atoms with Crippen molar-refractivity contribution in [1.82, 2.24) is 4.98 Å². The zero-order valence-electron chi connectivity index (χ0n) is 13.2. The van der Waals surface area contributed by atoms with E-state index in [0.29, 0.717) is 11.6 Å². The highest BCUT2D eigenvalue weighted by Crippen LogP contribution is 2.34. The maximum absolute atomic E-state index is 13.9. The number of pyridine rings is 1. The predicted molar refractivity (Wildman–Crippen MR) is 86.7 cm³/mol. The van der Waals surface area contributed by atoms with Gasteiger partial charge < -0.3 is 14.8 Å². The summed E-state index contributed by atoms with van der Waals surface area (Å²) in [6, 6.07) is 8.86. The van der Waals surface area contributed by atoms with Crippen molar-refractivity contribution in [3.05, 3.63) is 59.7 Å². The number of anilines is 1. The smallest absolute Gasteiger partial charge is 0.146 e. The first kappa shape index (κ1) is 15.9. The maximum Gasteiger partial charge on any atom is 0.146 e. The molecule has 122 valence electrons. The van der Waals surface area contributed by atoms with Crippen LogP contribution in [-0.2, 0) is 9.47 Å². The summed E-state index contributed by atoms with van der Waals surface area (Å²) in [6.45, 7) is 0.971. The van der Waals surface area contributed by atoms with Gasteiger partial charge in [-0.1, -0.05) is 12.1 Å². The van der Waals surface area contributed by atoms with Crippen LogP contribution in [0.15, 0.2) is 42.7 Å². The van der Waals surface area contributed by atoms with Crippen molar-refractivity contribution >= 4 is 5.69 Å². The molecule has 0 spiro atoms. The van der Waals surface area contributed by atoms with Crippen LogP contribution in [0.4, 0.5) is 10.1 Å². The summed E-state index contributed by atoms with van der Waals surface area (Å²) in [6.07, 6.45) is 5.74. The van der Waals surface area contributed by atoms with Crippen LogP contribution >= 0.6 is 0 Å². The first-order chi connectivity index (χ1) is 11.3. The van der Waals surface area contributed by atoms with Crippen molar-refractivity contribution in [3.63, 3.8) is 0 Å². The highest BCUT2D eigenvalue weighted by Gasteiger charge is 2.25. The van der Waals surface area contributed by atoms with E-state index in [1.807, 2.05) is 12.1 Å². The molecule has 23 heavy (non-hydrogen) atoms. The first-order valence-corrected chi connectivity index (χ1v) is 7.81. The predicted octanol–water partition coefficient (Wildman–Crippen LogP) is 3.75. The second kappa shape index (κ2) is 7.53. The van der Waals surface area contributed by atoms with Crippen molar-refractivity contribution in [2.24, 2.45) is 5.92 Å². The Morgan fingerprint density at radius 1 is 1.30 bits per heavy atom. The highest BCUT2D eigenvalue weighted by atomic mass is 19.1. The fourth-order valence-electron chi connectivity index (χ4n) is 2.42. The van der Waals surface area contributed by atoms with E-state index >= 15 is 0 Å². The molecule has 0 aliphatic heterocycles. The van der Waals surface area contributed by atoms with Gasteiger partial charge in [-0.25, -0.2) is 4.39 Å². The van der Waals surface area contributed by atoms with Gasteiger partial charge in [0.2, 0.25) is 0 Å². The number of ether oxygens (including phenoxy) is 2. The Kier molecular flexibility index (Phi) is 5.20. The molecule has 0 amide bonds.